The van der Waals surface area contributed by atoms with Gasteiger partial charge in [-0.3, -0.25) is 4.79 Å². The number of nitrogens with one attached hydrogen (secondary N) is 1. The minimum absolute atomic E-state index is 0.152. The minimum atomic E-state index is -0.152. The van der Waals surface area contributed by atoms with Gasteiger partial charge in [0, 0.05) is 0 Å². The molecule has 114 valence electrons. The van der Waals surface area contributed by atoms with E-state index in [0.29, 0.717) is 10.8 Å². The van der Waals surface area contributed by atoms with Gasteiger partial charge in [-0.1, -0.05) is 25.2 Å². The predicted octanol–water partition coefficient (Wildman–Crippen LogP) is 4.84. The first kappa shape index (κ1) is 14.2. The highest BCUT2D eigenvalue weighted by molar-refractivity contribution is 9.11. The molecule has 4 aliphatic carbocycles. The molecule has 3 nitrogen and oxygen atoms in total. The third-order valence-electron chi connectivity index (χ3n) is 5.81. The molecule has 1 heterocycles. The summed E-state index contributed by atoms with van der Waals surface area (Å²) in [5.41, 5.74) is 0.588. The molecule has 2 unspecified atom stereocenters. The van der Waals surface area contributed by atoms with Crippen LogP contribution in [0.2, 0.25) is 0 Å². The van der Waals surface area contributed by atoms with Crippen LogP contribution in [0.3, 0.4) is 0 Å². The molecule has 1 aromatic rings. The van der Waals surface area contributed by atoms with Crippen LogP contribution in [0.4, 0.5) is 5.13 Å². The van der Waals surface area contributed by atoms with Gasteiger partial charge >= 0.3 is 0 Å². The summed E-state index contributed by atoms with van der Waals surface area (Å²) in [6, 6.07) is 0. The van der Waals surface area contributed by atoms with Crippen LogP contribution in [-0.4, -0.2) is 10.9 Å². The Hall–Kier alpha value is -0.420. The van der Waals surface area contributed by atoms with Gasteiger partial charge in [0.25, 0.3) is 0 Å². The van der Waals surface area contributed by atoms with E-state index in [9.17, 15) is 4.79 Å². The fourth-order valence-electron chi connectivity index (χ4n) is 6.24. The maximum absolute atomic E-state index is 13.0. The zero-order chi connectivity index (χ0) is 14.9. The second-order valence-electron chi connectivity index (χ2n) is 8.33. The van der Waals surface area contributed by atoms with Crippen LogP contribution in [0.5, 0.6) is 0 Å². The Bertz CT molecular complexity index is 595. The molecule has 2 atom stereocenters. The van der Waals surface area contributed by atoms with Crippen molar-refractivity contribution >= 4 is 38.3 Å². The Morgan fingerprint density at radius 3 is 2.48 bits per heavy atom. The maximum Gasteiger partial charge on any atom is 0.232 e. The lowest BCUT2D eigenvalue weighted by atomic mass is 9.40. The van der Waals surface area contributed by atoms with Crippen molar-refractivity contribution in [2.75, 3.05) is 5.32 Å². The Balaban J connectivity index is 1.63. The first-order valence-corrected chi connectivity index (χ1v) is 9.34. The van der Waals surface area contributed by atoms with E-state index >= 15 is 0 Å². The van der Waals surface area contributed by atoms with Crippen LogP contribution in [-0.2, 0) is 4.79 Å². The van der Waals surface area contributed by atoms with E-state index in [1.165, 1.54) is 30.6 Å². The van der Waals surface area contributed by atoms with Crippen LogP contribution in [0.25, 0.3) is 0 Å². The smallest absolute Gasteiger partial charge is 0.232 e. The molecular formula is C16H21BrN2OS. The monoisotopic (exact) mass is 368 g/mol. The van der Waals surface area contributed by atoms with E-state index in [1.54, 1.807) is 6.20 Å². The van der Waals surface area contributed by atoms with Gasteiger partial charge in [0.15, 0.2) is 5.13 Å². The lowest BCUT2D eigenvalue weighted by Gasteiger charge is -2.64. The van der Waals surface area contributed by atoms with Crippen LogP contribution >= 0.6 is 27.3 Å². The summed E-state index contributed by atoms with van der Waals surface area (Å²) in [7, 11) is 0. The van der Waals surface area contributed by atoms with Crippen molar-refractivity contribution in [3.63, 3.8) is 0 Å². The molecule has 1 N–H and O–H groups in total. The van der Waals surface area contributed by atoms with E-state index in [0.717, 1.165) is 34.1 Å². The Kier molecular flexibility index (Phi) is 2.92. The van der Waals surface area contributed by atoms with Gasteiger partial charge in [0.1, 0.15) is 0 Å². The average molecular weight is 369 g/mol. The lowest BCUT2D eigenvalue weighted by Crippen LogP contribution is -2.58. The second kappa shape index (κ2) is 4.31. The van der Waals surface area contributed by atoms with Crippen molar-refractivity contribution in [3.8, 4) is 0 Å². The van der Waals surface area contributed by atoms with Crippen molar-refractivity contribution in [1.82, 2.24) is 4.98 Å². The number of hydrogen-bond donors (Lipinski definition) is 1. The highest BCUT2D eigenvalue weighted by Crippen LogP contribution is 2.69. The summed E-state index contributed by atoms with van der Waals surface area (Å²) in [5.74, 6) is 0.955. The van der Waals surface area contributed by atoms with Gasteiger partial charge in [0.2, 0.25) is 5.91 Å². The molecule has 21 heavy (non-hydrogen) atoms. The van der Waals surface area contributed by atoms with Crippen LogP contribution in [0, 0.1) is 22.2 Å². The molecule has 4 aliphatic rings. The second-order valence-corrected chi connectivity index (χ2v) is 10.7. The van der Waals surface area contributed by atoms with Gasteiger partial charge in [-0.2, -0.15) is 0 Å². The molecule has 5 rings (SSSR count). The summed E-state index contributed by atoms with van der Waals surface area (Å²) in [5, 5.41) is 3.81. The van der Waals surface area contributed by atoms with E-state index in [-0.39, 0.29) is 11.3 Å². The number of nitrogens with zero attached hydrogens (tertiary/aromatic N) is 1. The van der Waals surface area contributed by atoms with E-state index in [4.69, 9.17) is 0 Å². The Morgan fingerprint density at radius 2 is 1.95 bits per heavy atom. The van der Waals surface area contributed by atoms with E-state index < -0.39 is 0 Å². The highest BCUT2D eigenvalue weighted by Gasteiger charge is 2.62. The molecule has 1 amide bonds. The standard InChI is InChI=1S/C16H21BrN2OS/c1-14-3-10-4-15(2,7-14)9-16(5-10,8-14)12(20)19-13-18-6-11(17)21-13/h6,10H,3-5,7-9H2,1-2H3,(H,18,19,20). The number of anilines is 1. The van der Waals surface area contributed by atoms with Crippen molar-refractivity contribution in [2.24, 2.45) is 22.2 Å². The van der Waals surface area contributed by atoms with Crippen molar-refractivity contribution in [2.45, 2.75) is 52.4 Å². The summed E-state index contributed by atoms with van der Waals surface area (Å²) >= 11 is 4.90. The van der Waals surface area contributed by atoms with Crippen LogP contribution in [0.15, 0.2) is 9.98 Å². The van der Waals surface area contributed by atoms with E-state index in [1.807, 2.05) is 0 Å². The van der Waals surface area contributed by atoms with Gasteiger partial charge in [-0.25, -0.2) is 4.98 Å². The summed E-state index contributed by atoms with van der Waals surface area (Å²) < 4.78 is 0.960. The van der Waals surface area contributed by atoms with Crippen molar-refractivity contribution in [3.05, 3.63) is 9.98 Å². The molecule has 0 aromatic carbocycles. The maximum atomic E-state index is 13.0. The number of halogens is 1. The fourth-order valence-corrected chi connectivity index (χ4v) is 7.34. The number of aromatic nitrogens is 1. The zero-order valence-electron chi connectivity index (χ0n) is 12.5. The molecule has 5 heteroatoms. The SMILES string of the molecule is CC12CC3CC(C)(C1)CC(C(=O)Nc1ncc(Br)s1)(C3)C2. The first-order chi connectivity index (χ1) is 9.80. The lowest BCUT2D eigenvalue weighted by molar-refractivity contribution is -0.165. The fraction of sp³-hybridized carbons (Fsp3) is 0.750. The molecule has 0 aliphatic heterocycles. The van der Waals surface area contributed by atoms with Crippen molar-refractivity contribution in [1.29, 1.82) is 0 Å². The number of hydrogen-bond acceptors (Lipinski definition) is 3. The molecule has 0 saturated heterocycles. The third kappa shape index (κ3) is 2.27. The molecular weight excluding hydrogens is 348 g/mol. The van der Waals surface area contributed by atoms with Gasteiger partial charge in [0.05, 0.1) is 15.4 Å². The average Bonchev–Trinajstić information content (AvgIpc) is 2.69. The number of thiazole rings is 1. The number of carbonyl (C=O) groups excluding carboxylic acids is 1. The first-order valence-electron chi connectivity index (χ1n) is 7.73. The van der Waals surface area contributed by atoms with Gasteiger partial charge in [-0.05, 0) is 71.2 Å². The molecule has 4 fully saturated rings. The van der Waals surface area contributed by atoms with E-state index in [2.05, 4.69) is 40.1 Å². The zero-order valence-corrected chi connectivity index (χ0v) is 14.9. The van der Waals surface area contributed by atoms with Gasteiger partial charge < -0.3 is 5.32 Å². The molecule has 4 bridgehead atoms. The quantitative estimate of drug-likeness (QED) is 0.811. The van der Waals surface area contributed by atoms with Gasteiger partial charge in [-0.15, -0.1) is 0 Å². The number of carbonyl (C=O) groups is 1. The molecule has 1 aromatic heterocycles. The van der Waals surface area contributed by atoms with Crippen LogP contribution < -0.4 is 5.32 Å². The largest absolute Gasteiger partial charge is 0.301 e. The summed E-state index contributed by atoms with van der Waals surface area (Å²) in [6.07, 6.45) is 8.89. The number of rotatable bonds is 2. The van der Waals surface area contributed by atoms with Crippen LogP contribution in [0.1, 0.15) is 52.4 Å². The topological polar surface area (TPSA) is 42.0 Å². The molecule has 4 saturated carbocycles. The minimum Gasteiger partial charge on any atom is -0.301 e. The Morgan fingerprint density at radius 1 is 1.29 bits per heavy atom. The molecule has 0 radical (unpaired) electrons. The predicted molar refractivity (Wildman–Crippen MR) is 88.3 cm³/mol. The highest BCUT2D eigenvalue weighted by atomic mass is 79.9. The summed E-state index contributed by atoms with van der Waals surface area (Å²) in [4.78, 5) is 17.3. The Labute approximate surface area is 138 Å². The number of amides is 1. The summed E-state index contributed by atoms with van der Waals surface area (Å²) in [6.45, 7) is 4.80. The van der Waals surface area contributed by atoms with Crippen molar-refractivity contribution < 1.29 is 4.79 Å². The molecule has 0 spiro atoms. The normalized spacial score (nSPS) is 44.0. The third-order valence-corrected chi connectivity index (χ3v) is 7.20.